The molecule has 35 valence electrons. The Balaban J connectivity index is 0. The molecule has 0 saturated heterocycles. The van der Waals surface area contributed by atoms with Gasteiger partial charge >= 0.3 is 25.6 Å². The van der Waals surface area contributed by atoms with Crippen LogP contribution in [0.3, 0.4) is 0 Å². The molecule has 0 unspecified atom stereocenters. The van der Waals surface area contributed by atoms with Crippen LogP contribution in [0.2, 0.25) is 19.6 Å². The average Bonchev–Trinajstić information content (AvgIpc) is 1.41. The summed E-state index contributed by atoms with van der Waals surface area (Å²) in [6.45, 7) is 6.81. The molecule has 1 nitrogen and oxygen atoms in total. The van der Waals surface area contributed by atoms with E-state index in [1.165, 1.54) is 0 Å². The van der Waals surface area contributed by atoms with Crippen LogP contribution in [0.15, 0.2) is 0 Å². The molecule has 0 spiro atoms. The maximum atomic E-state index is 8.34. The molecule has 3 radical (unpaired) electrons. The van der Waals surface area contributed by atoms with E-state index in [2.05, 4.69) is 19.6 Å². The topological polar surface area (TPSA) is 17.1 Å². The van der Waals surface area contributed by atoms with Gasteiger partial charge in [-0.05, 0) is 0 Å². The summed E-state index contributed by atoms with van der Waals surface area (Å²) in [5.41, 5.74) is 0. The minimum absolute atomic E-state index is 0.120. The quantitative estimate of drug-likeness (QED) is 0.539. The van der Waals surface area contributed by atoms with E-state index in [4.69, 9.17) is 3.08 Å². The summed E-state index contributed by atoms with van der Waals surface area (Å²) in [5.74, 6) is 0. The summed E-state index contributed by atoms with van der Waals surface area (Å²) in [6, 6.07) is 0. The van der Waals surface area contributed by atoms with Crippen molar-refractivity contribution in [1.29, 1.82) is 0 Å². The standard InChI is InChI=1S/C3H9Si.O.Sn/c1-4(2)3;;/h1-3H3;;. The van der Waals surface area contributed by atoms with Gasteiger partial charge in [-0.2, -0.15) is 0 Å². The predicted molar refractivity (Wildman–Crippen MR) is 29.8 cm³/mol. The zero-order chi connectivity index (χ0) is 5.58. The molecular weight excluding hydrogens is 199 g/mol. The van der Waals surface area contributed by atoms with Gasteiger partial charge in [0, 0.05) is 8.80 Å². The summed E-state index contributed by atoms with van der Waals surface area (Å²) in [4.78, 5) is 0. The molecule has 0 aliphatic heterocycles. The third-order valence-corrected chi connectivity index (χ3v) is 0. The van der Waals surface area contributed by atoms with Crippen LogP contribution in [0.4, 0.5) is 0 Å². The van der Waals surface area contributed by atoms with Gasteiger partial charge in [0.05, 0.1) is 0 Å². The summed E-state index contributed by atoms with van der Waals surface area (Å²) >= 11 is 0.300. The zero-order valence-electron chi connectivity index (χ0n) is 4.41. The van der Waals surface area contributed by atoms with Crippen LogP contribution in [0.25, 0.3) is 0 Å². The maximum absolute atomic E-state index is 8.34. The van der Waals surface area contributed by atoms with Gasteiger partial charge in [0.1, 0.15) is 0 Å². The molecule has 6 heavy (non-hydrogen) atoms. The first-order valence-electron chi connectivity index (χ1n) is 1.70. The van der Waals surface area contributed by atoms with Crippen LogP contribution in [0.1, 0.15) is 0 Å². The Morgan fingerprint density at radius 2 is 1.17 bits per heavy atom. The van der Waals surface area contributed by atoms with Crippen molar-refractivity contribution in [3.63, 3.8) is 0 Å². The summed E-state index contributed by atoms with van der Waals surface area (Å²) in [6.07, 6.45) is 0. The Kier molecular flexibility index (Phi) is 15.3. The van der Waals surface area contributed by atoms with Crippen molar-refractivity contribution in [2.24, 2.45) is 0 Å². The summed E-state index contributed by atoms with van der Waals surface area (Å²) in [5, 5.41) is 0. The second-order valence-electron chi connectivity index (χ2n) is 1.50. The molecule has 0 aliphatic rings. The van der Waals surface area contributed by atoms with Gasteiger partial charge < -0.3 is 0 Å². The van der Waals surface area contributed by atoms with Crippen molar-refractivity contribution in [2.45, 2.75) is 19.6 Å². The molecule has 0 aromatic carbocycles. The van der Waals surface area contributed by atoms with Crippen molar-refractivity contribution in [3.8, 4) is 0 Å². The first kappa shape index (κ1) is 9.94. The van der Waals surface area contributed by atoms with Crippen molar-refractivity contribution >= 4 is 31.3 Å². The molecule has 3 heteroatoms. The first-order chi connectivity index (χ1) is 2.73. The Bertz CT molecular complexity index is 22.0. The number of hydrogen-bond donors (Lipinski definition) is 0. The molecule has 0 amide bonds. The second-order valence-corrected chi connectivity index (χ2v) is 4.50. The van der Waals surface area contributed by atoms with E-state index in [-0.39, 0.29) is 8.80 Å². The molecule has 0 heterocycles. The van der Waals surface area contributed by atoms with Crippen molar-refractivity contribution in [2.75, 3.05) is 0 Å². The molecule has 0 bridgehead atoms. The molecule has 0 aromatic heterocycles. The Hall–Kier alpha value is 0.816. The van der Waals surface area contributed by atoms with Crippen LogP contribution < -0.4 is 0 Å². The van der Waals surface area contributed by atoms with E-state index >= 15 is 0 Å². The monoisotopic (exact) mass is 209 g/mol. The molecule has 0 aromatic rings. The van der Waals surface area contributed by atoms with Gasteiger partial charge in [0.15, 0.2) is 0 Å². The first-order valence-corrected chi connectivity index (χ1v) is 5.87. The van der Waals surface area contributed by atoms with Gasteiger partial charge in [-0.3, -0.25) is 0 Å². The van der Waals surface area contributed by atoms with E-state index in [0.717, 1.165) is 0 Å². The van der Waals surface area contributed by atoms with Gasteiger partial charge in [-0.1, -0.05) is 19.6 Å². The van der Waals surface area contributed by atoms with Crippen LogP contribution in [-0.4, -0.2) is 31.3 Å². The molecule has 0 N–H and O–H groups in total. The second kappa shape index (κ2) is 9.26. The molecule has 0 rings (SSSR count). The zero-order valence-corrected chi connectivity index (χ0v) is 8.26. The van der Waals surface area contributed by atoms with Gasteiger partial charge in [0.25, 0.3) is 0 Å². The molecule has 0 atom stereocenters. The fraction of sp³-hybridized carbons (Fsp3) is 1.00. The number of rotatable bonds is 0. The normalized spacial score (nSPS) is 6.67. The minimum atomic E-state index is 0.120. The third kappa shape index (κ3) is 105. The SMILES string of the molecule is C[Si](C)C.[O]=[Sn]. The third-order valence-electron chi connectivity index (χ3n) is 0. The Labute approximate surface area is 54.2 Å². The van der Waals surface area contributed by atoms with Gasteiger partial charge in [-0.25, -0.2) is 0 Å². The molecule has 0 fully saturated rings. The Morgan fingerprint density at radius 1 is 1.17 bits per heavy atom. The van der Waals surface area contributed by atoms with Crippen molar-refractivity contribution in [1.82, 2.24) is 0 Å². The summed E-state index contributed by atoms with van der Waals surface area (Å²) in [7, 11) is 0.120. The predicted octanol–water partition coefficient (Wildman–Crippen LogP) is 0.871. The fourth-order valence-electron chi connectivity index (χ4n) is 0. The Morgan fingerprint density at radius 3 is 1.17 bits per heavy atom. The summed E-state index contributed by atoms with van der Waals surface area (Å²) < 4.78 is 8.34. The van der Waals surface area contributed by atoms with E-state index in [9.17, 15) is 0 Å². The van der Waals surface area contributed by atoms with Crippen LogP contribution in [0.5, 0.6) is 0 Å². The van der Waals surface area contributed by atoms with Crippen molar-refractivity contribution in [3.05, 3.63) is 0 Å². The van der Waals surface area contributed by atoms with Gasteiger partial charge in [-0.15, -0.1) is 0 Å². The van der Waals surface area contributed by atoms with Crippen LogP contribution >= 0.6 is 0 Å². The molecule has 0 aliphatic carbocycles. The average molecular weight is 208 g/mol. The fourth-order valence-corrected chi connectivity index (χ4v) is 0. The van der Waals surface area contributed by atoms with Gasteiger partial charge in [0.2, 0.25) is 0 Å². The van der Waals surface area contributed by atoms with E-state index in [1.54, 1.807) is 0 Å². The van der Waals surface area contributed by atoms with Crippen molar-refractivity contribution < 1.29 is 3.08 Å². The van der Waals surface area contributed by atoms with E-state index in [0.29, 0.717) is 22.5 Å². The van der Waals surface area contributed by atoms with E-state index < -0.39 is 0 Å². The number of hydrogen-bond acceptors (Lipinski definition) is 1. The van der Waals surface area contributed by atoms with Crippen LogP contribution in [-0.2, 0) is 3.08 Å². The van der Waals surface area contributed by atoms with Crippen LogP contribution in [0, 0.1) is 0 Å². The van der Waals surface area contributed by atoms with E-state index in [1.807, 2.05) is 0 Å². The molecular formula is C3H9OSiSn. The molecule has 0 saturated carbocycles.